The van der Waals surface area contributed by atoms with Gasteiger partial charge in [-0.25, -0.2) is 17.9 Å². The van der Waals surface area contributed by atoms with Crippen LogP contribution < -0.4 is 10.5 Å². The number of amides is 1. The fourth-order valence-corrected chi connectivity index (χ4v) is 2.36. The van der Waals surface area contributed by atoms with E-state index in [9.17, 15) is 17.6 Å². The lowest BCUT2D eigenvalue weighted by Crippen LogP contribution is -2.22. The molecule has 3 N–H and O–H groups in total. The summed E-state index contributed by atoms with van der Waals surface area (Å²) in [6.45, 7) is 1.80. The molecule has 104 valence electrons. The molecule has 5 nitrogen and oxygen atoms in total. The Morgan fingerprint density at radius 1 is 1.47 bits per heavy atom. The standard InChI is InChI=1S/C12H15FN2O3S/c1-7(8-2-3-8)12(16)15-11-5-4-9(6-10(11)13)19(14,17)18/h4-8H,2-3H2,1H3,(H,15,16)(H2,14,17,18). The summed E-state index contributed by atoms with van der Waals surface area (Å²) in [6, 6.07) is 3.16. The molecule has 0 saturated heterocycles. The maximum atomic E-state index is 13.7. The van der Waals surface area contributed by atoms with Gasteiger partial charge in [-0.3, -0.25) is 4.79 Å². The second-order valence-electron chi connectivity index (χ2n) is 4.80. The van der Waals surface area contributed by atoms with Crippen LogP contribution in [0.25, 0.3) is 0 Å². The van der Waals surface area contributed by atoms with Gasteiger partial charge in [0.25, 0.3) is 0 Å². The minimum absolute atomic E-state index is 0.0371. The number of halogens is 1. The number of hydrogen-bond donors (Lipinski definition) is 2. The first-order valence-corrected chi connectivity index (χ1v) is 7.47. The molecule has 0 radical (unpaired) electrons. The summed E-state index contributed by atoms with van der Waals surface area (Å²) in [6.07, 6.45) is 2.03. The highest BCUT2D eigenvalue weighted by atomic mass is 32.2. The van der Waals surface area contributed by atoms with Gasteiger partial charge in [-0.05, 0) is 37.0 Å². The largest absolute Gasteiger partial charge is 0.323 e. The molecule has 2 rings (SSSR count). The van der Waals surface area contributed by atoms with Crippen molar-refractivity contribution in [2.24, 2.45) is 17.0 Å². The molecule has 0 heterocycles. The van der Waals surface area contributed by atoms with Crippen molar-refractivity contribution in [2.75, 3.05) is 5.32 Å². The van der Waals surface area contributed by atoms with Crippen molar-refractivity contribution < 1.29 is 17.6 Å². The van der Waals surface area contributed by atoms with Crippen molar-refractivity contribution in [1.82, 2.24) is 0 Å². The van der Waals surface area contributed by atoms with Gasteiger partial charge in [0.15, 0.2) is 0 Å². The number of hydrogen-bond acceptors (Lipinski definition) is 3. The molecule has 0 aromatic heterocycles. The van der Waals surface area contributed by atoms with Crippen molar-refractivity contribution in [3.8, 4) is 0 Å². The van der Waals surface area contributed by atoms with Gasteiger partial charge in [0, 0.05) is 5.92 Å². The second kappa shape index (κ2) is 4.90. The van der Waals surface area contributed by atoms with E-state index in [-0.39, 0.29) is 22.4 Å². The van der Waals surface area contributed by atoms with Crippen molar-refractivity contribution in [2.45, 2.75) is 24.7 Å². The summed E-state index contributed by atoms with van der Waals surface area (Å²) >= 11 is 0. The second-order valence-corrected chi connectivity index (χ2v) is 6.36. The molecule has 1 aromatic carbocycles. The van der Waals surface area contributed by atoms with Crippen LogP contribution in [0.3, 0.4) is 0 Å². The molecular weight excluding hydrogens is 271 g/mol. The topological polar surface area (TPSA) is 89.3 Å². The van der Waals surface area contributed by atoms with E-state index in [2.05, 4.69) is 5.32 Å². The van der Waals surface area contributed by atoms with Crippen LogP contribution in [0.15, 0.2) is 23.1 Å². The average Bonchev–Trinajstić information content (AvgIpc) is 3.13. The smallest absolute Gasteiger partial charge is 0.238 e. The number of carbonyl (C=O) groups excluding carboxylic acids is 1. The molecule has 1 saturated carbocycles. The van der Waals surface area contributed by atoms with Crippen LogP contribution in [0.5, 0.6) is 0 Å². The first-order chi connectivity index (χ1) is 8.79. The zero-order valence-electron chi connectivity index (χ0n) is 10.4. The van der Waals surface area contributed by atoms with Crippen LogP contribution >= 0.6 is 0 Å². The third-order valence-electron chi connectivity index (χ3n) is 3.27. The molecule has 0 spiro atoms. The molecule has 19 heavy (non-hydrogen) atoms. The Bertz CT molecular complexity index is 611. The van der Waals surface area contributed by atoms with Crippen LogP contribution in [0.1, 0.15) is 19.8 Å². The molecule has 1 aliphatic carbocycles. The van der Waals surface area contributed by atoms with Crippen LogP contribution in [0, 0.1) is 17.7 Å². The number of benzene rings is 1. The van der Waals surface area contributed by atoms with E-state index in [0.717, 1.165) is 25.0 Å². The van der Waals surface area contributed by atoms with Gasteiger partial charge in [-0.1, -0.05) is 6.92 Å². The molecule has 1 aromatic rings. The van der Waals surface area contributed by atoms with Gasteiger partial charge in [-0.15, -0.1) is 0 Å². The van der Waals surface area contributed by atoms with Crippen LogP contribution in [0.2, 0.25) is 0 Å². The number of sulfonamides is 1. The van der Waals surface area contributed by atoms with E-state index in [1.165, 1.54) is 6.07 Å². The highest BCUT2D eigenvalue weighted by Crippen LogP contribution is 2.37. The maximum absolute atomic E-state index is 13.7. The molecule has 1 aliphatic rings. The third-order valence-corrected chi connectivity index (χ3v) is 4.18. The van der Waals surface area contributed by atoms with Crippen molar-refractivity contribution in [3.05, 3.63) is 24.0 Å². The first-order valence-electron chi connectivity index (χ1n) is 5.92. The van der Waals surface area contributed by atoms with Crippen LogP contribution in [-0.4, -0.2) is 14.3 Å². The number of primary sulfonamides is 1. The lowest BCUT2D eigenvalue weighted by Gasteiger charge is -2.12. The predicted octanol–water partition coefficient (Wildman–Crippen LogP) is 1.46. The molecule has 1 amide bonds. The fraction of sp³-hybridized carbons (Fsp3) is 0.417. The quantitative estimate of drug-likeness (QED) is 0.878. The van der Waals surface area contributed by atoms with Crippen LogP contribution in [0.4, 0.5) is 10.1 Å². The summed E-state index contributed by atoms with van der Waals surface area (Å²) in [5, 5.41) is 7.35. The Hall–Kier alpha value is -1.47. The first kappa shape index (κ1) is 14.0. The number of anilines is 1. The van der Waals surface area contributed by atoms with Gasteiger partial charge < -0.3 is 5.32 Å². The summed E-state index contributed by atoms with van der Waals surface area (Å²) in [7, 11) is -3.94. The maximum Gasteiger partial charge on any atom is 0.238 e. The Balaban J connectivity index is 2.15. The number of nitrogens with one attached hydrogen (secondary N) is 1. The van der Waals surface area contributed by atoms with E-state index in [0.29, 0.717) is 5.92 Å². The van der Waals surface area contributed by atoms with E-state index in [1.54, 1.807) is 6.92 Å². The fourth-order valence-electron chi connectivity index (χ4n) is 1.83. The van der Waals surface area contributed by atoms with Crippen molar-refractivity contribution >= 4 is 21.6 Å². The summed E-state index contributed by atoms with van der Waals surface area (Å²) < 4.78 is 35.8. The number of nitrogens with two attached hydrogens (primary N) is 1. The van der Waals surface area contributed by atoms with Crippen LogP contribution in [-0.2, 0) is 14.8 Å². The minimum Gasteiger partial charge on any atom is -0.323 e. The van der Waals surface area contributed by atoms with Gasteiger partial charge >= 0.3 is 0 Å². The average molecular weight is 286 g/mol. The summed E-state index contributed by atoms with van der Waals surface area (Å²) in [5.74, 6) is -0.878. The van der Waals surface area contributed by atoms with E-state index in [4.69, 9.17) is 5.14 Å². The Kier molecular flexibility index (Phi) is 3.60. The SMILES string of the molecule is CC(C(=O)Nc1ccc(S(N)(=O)=O)cc1F)C1CC1. The molecule has 1 unspecified atom stereocenters. The van der Waals surface area contributed by atoms with E-state index < -0.39 is 15.8 Å². The summed E-state index contributed by atoms with van der Waals surface area (Å²) in [4.78, 5) is 11.5. The van der Waals surface area contributed by atoms with Gasteiger partial charge in [-0.2, -0.15) is 0 Å². The molecule has 1 fully saturated rings. The molecule has 0 aliphatic heterocycles. The third kappa shape index (κ3) is 3.30. The molecular formula is C12H15FN2O3S. The Morgan fingerprint density at radius 3 is 2.58 bits per heavy atom. The van der Waals surface area contributed by atoms with Gasteiger partial charge in [0.2, 0.25) is 15.9 Å². The molecule has 7 heteroatoms. The Labute approximate surface area is 111 Å². The minimum atomic E-state index is -3.94. The highest BCUT2D eigenvalue weighted by Gasteiger charge is 2.32. The lowest BCUT2D eigenvalue weighted by atomic mass is 10.1. The highest BCUT2D eigenvalue weighted by molar-refractivity contribution is 7.89. The van der Waals surface area contributed by atoms with Crippen molar-refractivity contribution in [3.63, 3.8) is 0 Å². The van der Waals surface area contributed by atoms with E-state index >= 15 is 0 Å². The van der Waals surface area contributed by atoms with Crippen molar-refractivity contribution in [1.29, 1.82) is 0 Å². The van der Waals surface area contributed by atoms with E-state index in [1.807, 2.05) is 0 Å². The lowest BCUT2D eigenvalue weighted by molar-refractivity contribution is -0.119. The monoisotopic (exact) mass is 286 g/mol. The Morgan fingerprint density at radius 2 is 2.11 bits per heavy atom. The molecule has 0 bridgehead atoms. The number of rotatable bonds is 4. The number of carbonyl (C=O) groups is 1. The zero-order chi connectivity index (χ0) is 14.2. The predicted molar refractivity (Wildman–Crippen MR) is 68.3 cm³/mol. The molecule has 1 atom stereocenters. The van der Waals surface area contributed by atoms with Gasteiger partial charge in [0.05, 0.1) is 10.6 Å². The normalized spacial score (nSPS) is 17.0. The zero-order valence-corrected chi connectivity index (χ0v) is 11.2. The summed E-state index contributed by atoms with van der Waals surface area (Å²) in [5.41, 5.74) is -0.0371. The van der Waals surface area contributed by atoms with Gasteiger partial charge in [0.1, 0.15) is 5.82 Å².